The Kier molecular flexibility index (Phi) is 7.34. The fraction of sp³-hybridized carbons (Fsp3) is 0.929. The number of amides is 1. The lowest BCUT2D eigenvalue weighted by Gasteiger charge is -2.31. The van der Waals surface area contributed by atoms with E-state index in [-0.39, 0.29) is 18.6 Å². The average Bonchev–Trinajstić information content (AvgIpc) is 2.65. The number of nitrogens with zero attached hydrogens (tertiary/aromatic N) is 3. The first kappa shape index (κ1) is 16.4. The van der Waals surface area contributed by atoms with Crippen LogP contribution in [0.15, 0.2) is 0 Å². The van der Waals surface area contributed by atoms with Crippen molar-refractivity contribution in [3.63, 3.8) is 0 Å². The minimum atomic E-state index is -0.0334. The summed E-state index contributed by atoms with van der Waals surface area (Å²) in [5, 5.41) is 8.99. The van der Waals surface area contributed by atoms with Crippen LogP contribution < -0.4 is 0 Å². The molecule has 1 amide bonds. The van der Waals surface area contributed by atoms with Crippen LogP contribution in [-0.2, 0) is 4.79 Å². The first-order chi connectivity index (χ1) is 9.13. The molecular formula is C14H29N3O2. The second kappa shape index (κ2) is 8.51. The molecule has 5 nitrogen and oxygen atoms in total. The van der Waals surface area contributed by atoms with Crippen molar-refractivity contribution in [2.45, 2.75) is 33.2 Å². The zero-order chi connectivity index (χ0) is 14.3. The average molecular weight is 271 g/mol. The molecule has 1 fully saturated rings. The number of hydrogen-bond acceptors (Lipinski definition) is 4. The van der Waals surface area contributed by atoms with Crippen LogP contribution >= 0.6 is 0 Å². The third-order valence-electron chi connectivity index (χ3n) is 4.02. The van der Waals surface area contributed by atoms with Crippen LogP contribution in [0.1, 0.15) is 27.2 Å². The molecule has 0 aromatic rings. The molecule has 1 aliphatic heterocycles. The molecule has 1 unspecified atom stereocenters. The van der Waals surface area contributed by atoms with Crippen LogP contribution in [0.2, 0.25) is 0 Å². The molecule has 0 bridgehead atoms. The molecule has 112 valence electrons. The Hall–Kier alpha value is -0.650. The highest BCUT2D eigenvalue weighted by atomic mass is 16.3. The van der Waals surface area contributed by atoms with Gasteiger partial charge in [0.05, 0.1) is 12.6 Å². The van der Waals surface area contributed by atoms with Crippen LogP contribution in [0, 0.1) is 0 Å². The molecule has 19 heavy (non-hydrogen) atoms. The summed E-state index contributed by atoms with van der Waals surface area (Å²) in [6.45, 7) is 12.4. The predicted octanol–water partition coefficient (Wildman–Crippen LogP) is 0.243. The Morgan fingerprint density at radius 1 is 1.21 bits per heavy atom. The van der Waals surface area contributed by atoms with Gasteiger partial charge in [0.25, 0.3) is 0 Å². The Bertz CT molecular complexity index is 269. The molecular weight excluding hydrogens is 242 g/mol. The van der Waals surface area contributed by atoms with Crippen LogP contribution in [0.4, 0.5) is 0 Å². The molecule has 1 aliphatic rings. The normalized spacial score (nSPS) is 20.0. The molecule has 1 saturated heterocycles. The van der Waals surface area contributed by atoms with Gasteiger partial charge < -0.3 is 10.0 Å². The predicted molar refractivity (Wildman–Crippen MR) is 77.1 cm³/mol. The van der Waals surface area contributed by atoms with Crippen molar-refractivity contribution >= 4 is 5.91 Å². The van der Waals surface area contributed by atoms with Crippen molar-refractivity contribution in [1.29, 1.82) is 0 Å². The fourth-order valence-corrected chi connectivity index (χ4v) is 2.70. The molecule has 0 aliphatic carbocycles. The van der Waals surface area contributed by atoms with E-state index in [4.69, 9.17) is 5.11 Å². The second-order valence-corrected chi connectivity index (χ2v) is 5.14. The molecule has 1 atom stereocenters. The summed E-state index contributed by atoms with van der Waals surface area (Å²) >= 11 is 0. The number of hydrogen-bond donors (Lipinski definition) is 1. The Morgan fingerprint density at radius 2 is 1.89 bits per heavy atom. The second-order valence-electron chi connectivity index (χ2n) is 5.14. The van der Waals surface area contributed by atoms with Gasteiger partial charge in [0.2, 0.25) is 5.91 Å². The minimum Gasteiger partial charge on any atom is -0.395 e. The topological polar surface area (TPSA) is 47.0 Å². The van der Waals surface area contributed by atoms with Gasteiger partial charge in [-0.25, -0.2) is 0 Å². The van der Waals surface area contributed by atoms with Crippen LogP contribution in [0.5, 0.6) is 0 Å². The monoisotopic (exact) mass is 271 g/mol. The van der Waals surface area contributed by atoms with Crippen molar-refractivity contribution in [3.05, 3.63) is 0 Å². The Morgan fingerprint density at radius 3 is 2.47 bits per heavy atom. The molecule has 0 radical (unpaired) electrons. The molecule has 1 N–H and O–H groups in total. The minimum absolute atomic E-state index is 0.0334. The zero-order valence-corrected chi connectivity index (χ0v) is 12.6. The molecule has 0 saturated carbocycles. The third kappa shape index (κ3) is 4.75. The SMILES string of the molecule is CCN(CC)C(=O)C(C)N1CCCN(CCO)CC1. The summed E-state index contributed by atoms with van der Waals surface area (Å²) in [6.07, 6.45) is 1.07. The molecule has 1 heterocycles. The van der Waals surface area contributed by atoms with Crippen molar-refractivity contribution in [2.75, 3.05) is 52.4 Å². The highest BCUT2D eigenvalue weighted by molar-refractivity contribution is 5.81. The largest absolute Gasteiger partial charge is 0.395 e. The van der Waals surface area contributed by atoms with E-state index in [1.165, 1.54) is 0 Å². The number of likely N-dealkylation sites (N-methyl/N-ethyl adjacent to an activating group) is 1. The van der Waals surface area contributed by atoms with Crippen LogP contribution in [0.3, 0.4) is 0 Å². The van der Waals surface area contributed by atoms with E-state index in [1.807, 2.05) is 25.7 Å². The smallest absolute Gasteiger partial charge is 0.239 e. The zero-order valence-electron chi connectivity index (χ0n) is 12.6. The van der Waals surface area contributed by atoms with Gasteiger partial charge in [-0.3, -0.25) is 14.6 Å². The van der Waals surface area contributed by atoms with Crippen molar-refractivity contribution in [1.82, 2.24) is 14.7 Å². The van der Waals surface area contributed by atoms with E-state index in [9.17, 15) is 4.79 Å². The van der Waals surface area contributed by atoms with E-state index in [2.05, 4.69) is 9.80 Å². The van der Waals surface area contributed by atoms with Gasteiger partial charge in [0.1, 0.15) is 0 Å². The van der Waals surface area contributed by atoms with Crippen molar-refractivity contribution in [3.8, 4) is 0 Å². The lowest BCUT2D eigenvalue weighted by atomic mass is 10.2. The maximum atomic E-state index is 12.4. The Labute approximate surface area is 117 Å². The number of aliphatic hydroxyl groups excluding tert-OH is 1. The number of rotatable bonds is 6. The van der Waals surface area contributed by atoms with Crippen LogP contribution in [-0.4, -0.2) is 84.2 Å². The summed E-state index contributed by atoms with van der Waals surface area (Å²) in [7, 11) is 0. The van der Waals surface area contributed by atoms with Gasteiger partial charge in [-0.2, -0.15) is 0 Å². The maximum Gasteiger partial charge on any atom is 0.239 e. The lowest BCUT2D eigenvalue weighted by Crippen LogP contribution is -2.48. The lowest BCUT2D eigenvalue weighted by molar-refractivity contribution is -0.136. The van der Waals surface area contributed by atoms with E-state index in [0.717, 1.165) is 52.2 Å². The van der Waals surface area contributed by atoms with Gasteiger partial charge in [-0.1, -0.05) is 0 Å². The highest BCUT2D eigenvalue weighted by Gasteiger charge is 2.26. The number of carbonyl (C=O) groups is 1. The summed E-state index contributed by atoms with van der Waals surface area (Å²) < 4.78 is 0. The van der Waals surface area contributed by atoms with Gasteiger partial charge >= 0.3 is 0 Å². The molecule has 0 aromatic heterocycles. The van der Waals surface area contributed by atoms with Crippen molar-refractivity contribution < 1.29 is 9.90 Å². The summed E-state index contributed by atoms with van der Waals surface area (Å²) in [5.41, 5.74) is 0. The first-order valence-electron chi connectivity index (χ1n) is 7.50. The Balaban J connectivity index is 2.52. The quantitative estimate of drug-likeness (QED) is 0.752. The van der Waals surface area contributed by atoms with E-state index in [1.54, 1.807) is 0 Å². The summed E-state index contributed by atoms with van der Waals surface area (Å²) in [5.74, 6) is 0.237. The number of aliphatic hydroxyl groups is 1. The highest BCUT2D eigenvalue weighted by Crippen LogP contribution is 2.09. The first-order valence-corrected chi connectivity index (χ1v) is 7.50. The summed E-state index contributed by atoms with van der Waals surface area (Å²) in [4.78, 5) is 18.8. The molecule has 1 rings (SSSR count). The number of β-amino-alcohol motifs (C(OH)–C–C–N with tert-alkyl or cyclic N) is 1. The van der Waals surface area contributed by atoms with Gasteiger partial charge in [0.15, 0.2) is 0 Å². The molecule has 0 spiro atoms. The fourth-order valence-electron chi connectivity index (χ4n) is 2.70. The maximum absolute atomic E-state index is 12.4. The van der Waals surface area contributed by atoms with Gasteiger partial charge in [-0.15, -0.1) is 0 Å². The van der Waals surface area contributed by atoms with E-state index < -0.39 is 0 Å². The molecule has 5 heteroatoms. The summed E-state index contributed by atoms with van der Waals surface area (Å²) in [6, 6.07) is -0.0334. The third-order valence-corrected chi connectivity index (χ3v) is 4.02. The van der Waals surface area contributed by atoms with Crippen molar-refractivity contribution in [2.24, 2.45) is 0 Å². The van der Waals surface area contributed by atoms with Gasteiger partial charge in [0, 0.05) is 39.3 Å². The standard InChI is InChI=1S/C14H29N3O2/c1-4-16(5-2)14(19)13(3)17-8-6-7-15(9-10-17)11-12-18/h13,18H,4-12H2,1-3H3. The van der Waals surface area contributed by atoms with E-state index >= 15 is 0 Å². The van der Waals surface area contributed by atoms with Gasteiger partial charge in [-0.05, 0) is 33.7 Å². The van der Waals surface area contributed by atoms with E-state index in [0.29, 0.717) is 0 Å². The van der Waals surface area contributed by atoms with Crippen LogP contribution in [0.25, 0.3) is 0 Å². The molecule has 0 aromatic carbocycles. The number of carbonyl (C=O) groups excluding carboxylic acids is 1.